The number of hydrogen-bond donors (Lipinski definition) is 1. The second kappa shape index (κ2) is 6.29. The van der Waals surface area contributed by atoms with Crippen LogP contribution in [0.3, 0.4) is 0 Å². The Morgan fingerprint density at radius 3 is 2.85 bits per heavy atom. The first-order valence-corrected chi connectivity index (χ1v) is 8.42. The third-order valence-corrected chi connectivity index (χ3v) is 4.38. The SMILES string of the molecule is CC(C)c1ncn(-c2cc(-c3c(F)cccc3C#N)nc3c2C(=O)NC3)n1. The first kappa shape index (κ1) is 16.8. The topological polar surface area (TPSA) is 96.5 Å². The van der Waals surface area contributed by atoms with Crippen LogP contribution in [-0.2, 0) is 6.54 Å². The summed E-state index contributed by atoms with van der Waals surface area (Å²) in [5.74, 6) is -0.0730. The van der Waals surface area contributed by atoms with Gasteiger partial charge in [-0.15, -0.1) is 0 Å². The van der Waals surface area contributed by atoms with E-state index in [-0.39, 0.29) is 35.2 Å². The second-order valence-electron chi connectivity index (χ2n) is 6.51. The van der Waals surface area contributed by atoms with Gasteiger partial charge in [0.15, 0.2) is 5.82 Å². The van der Waals surface area contributed by atoms with Gasteiger partial charge in [-0.05, 0) is 18.2 Å². The molecule has 0 spiro atoms. The summed E-state index contributed by atoms with van der Waals surface area (Å²) >= 11 is 0. The number of fused-ring (bicyclic) bond motifs is 1. The predicted octanol–water partition coefficient (Wildman–Crippen LogP) is 2.71. The van der Waals surface area contributed by atoms with Crippen LogP contribution in [0.4, 0.5) is 4.39 Å². The average Bonchev–Trinajstić information content (AvgIpc) is 3.28. The van der Waals surface area contributed by atoms with E-state index in [1.165, 1.54) is 29.2 Å². The van der Waals surface area contributed by atoms with Crippen molar-refractivity contribution in [2.24, 2.45) is 0 Å². The number of nitrogens with one attached hydrogen (secondary N) is 1. The maximum absolute atomic E-state index is 14.5. The number of aromatic nitrogens is 4. The molecule has 3 aromatic rings. The Morgan fingerprint density at radius 1 is 1.33 bits per heavy atom. The Labute approximate surface area is 154 Å². The first-order chi connectivity index (χ1) is 13.0. The van der Waals surface area contributed by atoms with Crippen LogP contribution in [-0.4, -0.2) is 25.7 Å². The largest absolute Gasteiger partial charge is 0.346 e. The van der Waals surface area contributed by atoms with Crippen molar-refractivity contribution >= 4 is 5.91 Å². The lowest BCUT2D eigenvalue weighted by molar-refractivity contribution is 0.0965. The number of benzene rings is 1. The Bertz CT molecular complexity index is 1110. The fourth-order valence-electron chi connectivity index (χ4n) is 3.05. The number of carbonyl (C=O) groups excluding carboxylic acids is 1. The van der Waals surface area contributed by atoms with E-state index in [4.69, 9.17) is 0 Å². The molecule has 134 valence electrons. The van der Waals surface area contributed by atoms with Gasteiger partial charge in [-0.2, -0.15) is 10.4 Å². The van der Waals surface area contributed by atoms with E-state index in [0.717, 1.165) is 0 Å². The number of nitrogens with zero attached hydrogens (tertiary/aromatic N) is 5. The number of pyridine rings is 1. The normalized spacial score (nSPS) is 12.8. The summed E-state index contributed by atoms with van der Waals surface area (Å²) < 4.78 is 16.0. The molecule has 2 aromatic heterocycles. The molecule has 1 amide bonds. The summed E-state index contributed by atoms with van der Waals surface area (Å²) in [4.78, 5) is 21.0. The quantitative estimate of drug-likeness (QED) is 0.773. The molecular weight excluding hydrogens is 347 g/mol. The summed E-state index contributed by atoms with van der Waals surface area (Å²) in [6.45, 7) is 4.16. The Morgan fingerprint density at radius 2 is 2.15 bits per heavy atom. The number of nitriles is 1. The van der Waals surface area contributed by atoms with Crippen LogP contribution in [0, 0.1) is 17.1 Å². The van der Waals surface area contributed by atoms with Crippen LogP contribution in [0.2, 0.25) is 0 Å². The van der Waals surface area contributed by atoms with E-state index in [2.05, 4.69) is 20.4 Å². The van der Waals surface area contributed by atoms with Gasteiger partial charge in [0.25, 0.3) is 5.91 Å². The van der Waals surface area contributed by atoms with Gasteiger partial charge in [-0.1, -0.05) is 19.9 Å². The van der Waals surface area contributed by atoms with Crippen LogP contribution in [0.25, 0.3) is 16.9 Å². The highest BCUT2D eigenvalue weighted by Gasteiger charge is 2.28. The molecule has 0 aliphatic carbocycles. The zero-order valence-corrected chi connectivity index (χ0v) is 14.7. The predicted molar refractivity (Wildman–Crippen MR) is 94.5 cm³/mol. The van der Waals surface area contributed by atoms with Crippen LogP contribution in [0.5, 0.6) is 0 Å². The van der Waals surface area contributed by atoms with Crippen molar-refractivity contribution in [3.8, 4) is 23.0 Å². The maximum atomic E-state index is 14.5. The standard InChI is InChI=1S/C19H15FN6O/c1-10(2)18-23-9-26(25-18)15-6-13(24-14-8-22-19(27)17(14)15)16-11(7-21)4-3-5-12(16)20/h3-6,9-10H,8H2,1-2H3,(H,22,27). The van der Waals surface area contributed by atoms with Crippen molar-refractivity contribution in [3.05, 3.63) is 59.1 Å². The average molecular weight is 362 g/mol. The van der Waals surface area contributed by atoms with Crippen LogP contribution in [0.1, 0.15) is 47.2 Å². The van der Waals surface area contributed by atoms with Crippen molar-refractivity contribution in [3.63, 3.8) is 0 Å². The van der Waals surface area contributed by atoms with E-state index in [1.54, 1.807) is 6.07 Å². The van der Waals surface area contributed by atoms with E-state index in [0.29, 0.717) is 22.8 Å². The second-order valence-corrected chi connectivity index (χ2v) is 6.51. The zero-order chi connectivity index (χ0) is 19.1. The molecule has 1 aromatic carbocycles. The Kier molecular flexibility index (Phi) is 3.92. The lowest BCUT2D eigenvalue weighted by atomic mass is 10.0. The summed E-state index contributed by atoms with van der Waals surface area (Å²) in [6.07, 6.45) is 1.52. The molecule has 1 aliphatic heterocycles. The van der Waals surface area contributed by atoms with Crippen molar-refractivity contribution in [1.82, 2.24) is 25.1 Å². The fourth-order valence-corrected chi connectivity index (χ4v) is 3.05. The highest BCUT2D eigenvalue weighted by molar-refractivity contribution is 6.01. The van der Waals surface area contributed by atoms with Crippen molar-refractivity contribution < 1.29 is 9.18 Å². The fraction of sp³-hybridized carbons (Fsp3) is 0.211. The third-order valence-electron chi connectivity index (χ3n) is 4.38. The smallest absolute Gasteiger partial charge is 0.255 e. The summed E-state index contributed by atoms with van der Waals surface area (Å²) in [7, 11) is 0. The van der Waals surface area contributed by atoms with Crippen molar-refractivity contribution in [2.45, 2.75) is 26.3 Å². The van der Waals surface area contributed by atoms with Gasteiger partial charge in [0.1, 0.15) is 12.1 Å². The van der Waals surface area contributed by atoms with Crippen molar-refractivity contribution in [1.29, 1.82) is 5.26 Å². The van der Waals surface area contributed by atoms with Gasteiger partial charge >= 0.3 is 0 Å². The summed E-state index contributed by atoms with van der Waals surface area (Å²) in [6, 6.07) is 7.85. The van der Waals surface area contributed by atoms with E-state index < -0.39 is 5.82 Å². The van der Waals surface area contributed by atoms with Crippen molar-refractivity contribution in [2.75, 3.05) is 0 Å². The molecule has 0 bridgehead atoms. The molecule has 0 saturated carbocycles. The third kappa shape index (κ3) is 2.73. The monoisotopic (exact) mass is 362 g/mol. The minimum absolute atomic E-state index is 0.104. The molecule has 1 N–H and O–H groups in total. The molecular formula is C19H15FN6O. The maximum Gasteiger partial charge on any atom is 0.255 e. The molecule has 0 saturated heterocycles. The summed E-state index contributed by atoms with van der Waals surface area (Å²) in [5.41, 5.74) is 1.88. The minimum Gasteiger partial charge on any atom is -0.346 e. The van der Waals surface area contributed by atoms with Crippen LogP contribution in [0.15, 0.2) is 30.6 Å². The molecule has 0 radical (unpaired) electrons. The van der Waals surface area contributed by atoms with Gasteiger partial charge in [0, 0.05) is 5.92 Å². The Balaban J connectivity index is 1.97. The van der Waals surface area contributed by atoms with Gasteiger partial charge < -0.3 is 5.32 Å². The van der Waals surface area contributed by atoms with Gasteiger partial charge in [0.2, 0.25) is 0 Å². The molecule has 0 atom stereocenters. The number of amides is 1. The van der Waals surface area contributed by atoms with Crippen LogP contribution < -0.4 is 5.32 Å². The first-order valence-electron chi connectivity index (χ1n) is 8.42. The van der Waals surface area contributed by atoms with E-state index in [9.17, 15) is 14.4 Å². The highest BCUT2D eigenvalue weighted by atomic mass is 19.1. The molecule has 3 heterocycles. The minimum atomic E-state index is -0.550. The zero-order valence-electron chi connectivity index (χ0n) is 14.7. The molecule has 0 unspecified atom stereocenters. The highest BCUT2D eigenvalue weighted by Crippen LogP contribution is 2.31. The van der Waals surface area contributed by atoms with E-state index >= 15 is 0 Å². The molecule has 0 fully saturated rings. The lowest BCUT2D eigenvalue weighted by Gasteiger charge is -2.11. The number of hydrogen-bond acceptors (Lipinski definition) is 5. The van der Waals surface area contributed by atoms with Gasteiger partial charge in [-0.25, -0.2) is 19.0 Å². The molecule has 1 aliphatic rings. The Hall–Kier alpha value is -3.60. The molecule has 8 heteroatoms. The number of rotatable bonds is 3. The number of carbonyl (C=O) groups is 1. The van der Waals surface area contributed by atoms with Crippen LogP contribution >= 0.6 is 0 Å². The lowest BCUT2D eigenvalue weighted by Crippen LogP contribution is -2.14. The van der Waals surface area contributed by atoms with Gasteiger partial charge in [0.05, 0.1) is 46.4 Å². The number of halogens is 1. The molecule has 7 nitrogen and oxygen atoms in total. The summed E-state index contributed by atoms with van der Waals surface area (Å²) in [5, 5.41) is 16.5. The molecule has 27 heavy (non-hydrogen) atoms. The van der Waals surface area contributed by atoms with Gasteiger partial charge in [-0.3, -0.25) is 4.79 Å². The van der Waals surface area contributed by atoms with E-state index in [1.807, 2.05) is 19.9 Å². The molecule has 4 rings (SSSR count).